The van der Waals surface area contributed by atoms with E-state index in [0.717, 1.165) is 11.4 Å². The first kappa shape index (κ1) is 15.4. The van der Waals surface area contributed by atoms with E-state index < -0.39 is 0 Å². The van der Waals surface area contributed by atoms with E-state index in [0.29, 0.717) is 11.4 Å². The third-order valence-corrected chi connectivity index (χ3v) is 3.42. The Labute approximate surface area is 131 Å². The van der Waals surface area contributed by atoms with E-state index in [2.05, 4.69) is 37.9 Å². The molecule has 4 heteroatoms. The Morgan fingerprint density at radius 2 is 1.71 bits per heavy atom. The maximum atomic E-state index is 5.84. The third kappa shape index (κ3) is 3.79. The van der Waals surface area contributed by atoms with Gasteiger partial charge in [0.25, 0.3) is 0 Å². The molecular weight excluding hydrogens is 280 g/mol. The topological polar surface area (TPSA) is 48.1 Å². The molecule has 0 bridgehead atoms. The lowest BCUT2D eigenvalue weighted by Gasteiger charge is -2.19. The highest BCUT2D eigenvalue weighted by molar-refractivity contribution is 7.80. The van der Waals surface area contributed by atoms with Crippen molar-refractivity contribution in [3.05, 3.63) is 53.2 Å². The van der Waals surface area contributed by atoms with Gasteiger partial charge >= 0.3 is 0 Å². The van der Waals surface area contributed by atoms with Gasteiger partial charge in [0.2, 0.25) is 5.88 Å². The van der Waals surface area contributed by atoms with Crippen LogP contribution in [0.15, 0.2) is 36.4 Å². The van der Waals surface area contributed by atoms with Crippen molar-refractivity contribution in [2.75, 3.05) is 0 Å². The molecular formula is C17H20N2OS. The molecule has 0 aliphatic rings. The molecule has 3 nitrogen and oxygen atoms in total. The minimum Gasteiger partial charge on any atom is -0.438 e. The summed E-state index contributed by atoms with van der Waals surface area (Å²) >= 11 is 5.04. The van der Waals surface area contributed by atoms with Crippen molar-refractivity contribution in [3.63, 3.8) is 0 Å². The number of ether oxygens (including phenoxy) is 1. The zero-order valence-electron chi connectivity index (χ0n) is 12.8. The van der Waals surface area contributed by atoms with Crippen molar-refractivity contribution >= 4 is 17.2 Å². The summed E-state index contributed by atoms with van der Waals surface area (Å²) in [4.78, 5) is 4.65. The molecule has 0 saturated carbocycles. The van der Waals surface area contributed by atoms with Crippen molar-refractivity contribution in [3.8, 4) is 11.6 Å². The van der Waals surface area contributed by atoms with Crippen molar-refractivity contribution in [1.29, 1.82) is 0 Å². The SMILES string of the molecule is Cc1ccc(C(N)=S)c(Oc2ccc(C(C)(C)C)cc2)n1. The van der Waals surface area contributed by atoms with Gasteiger partial charge in [-0.25, -0.2) is 4.98 Å². The second kappa shape index (κ2) is 5.82. The molecule has 0 unspecified atom stereocenters. The zero-order chi connectivity index (χ0) is 15.6. The molecule has 0 radical (unpaired) electrons. The predicted molar refractivity (Wildman–Crippen MR) is 90.1 cm³/mol. The second-order valence-corrected chi connectivity index (χ2v) is 6.49. The molecule has 2 rings (SSSR count). The van der Waals surface area contributed by atoms with Gasteiger partial charge in [-0.1, -0.05) is 45.1 Å². The van der Waals surface area contributed by atoms with E-state index in [-0.39, 0.29) is 10.4 Å². The monoisotopic (exact) mass is 300 g/mol. The number of hydrogen-bond donors (Lipinski definition) is 1. The molecule has 2 N–H and O–H groups in total. The minimum absolute atomic E-state index is 0.115. The number of nitrogens with zero attached hydrogens (tertiary/aromatic N) is 1. The first-order valence-electron chi connectivity index (χ1n) is 6.83. The van der Waals surface area contributed by atoms with E-state index in [1.54, 1.807) is 0 Å². The van der Waals surface area contributed by atoms with Crippen molar-refractivity contribution < 1.29 is 4.74 Å². The van der Waals surface area contributed by atoms with Gasteiger partial charge in [0.1, 0.15) is 10.7 Å². The van der Waals surface area contributed by atoms with E-state index >= 15 is 0 Å². The molecule has 0 aliphatic carbocycles. The summed E-state index contributed by atoms with van der Waals surface area (Å²) in [6.07, 6.45) is 0. The molecule has 2 aromatic rings. The maximum absolute atomic E-state index is 5.84. The van der Waals surface area contributed by atoms with Crippen molar-refractivity contribution in [2.45, 2.75) is 33.1 Å². The Kier molecular flexibility index (Phi) is 4.28. The molecule has 1 aromatic heterocycles. The molecule has 21 heavy (non-hydrogen) atoms. The molecule has 0 atom stereocenters. The van der Waals surface area contributed by atoms with E-state index in [1.807, 2.05) is 31.2 Å². The van der Waals surface area contributed by atoms with Crippen LogP contribution in [-0.4, -0.2) is 9.97 Å². The maximum Gasteiger partial charge on any atom is 0.229 e. The smallest absolute Gasteiger partial charge is 0.229 e. The quantitative estimate of drug-likeness (QED) is 0.866. The van der Waals surface area contributed by atoms with Crippen LogP contribution in [0.25, 0.3) is 0 Å². The molecule has 0 fully saturated rings. The lowest BCUT2D eigenvalue weighted by molar-refractivity contribution is 0.460. The van der Waals surface area contributed by atoms with Gasteiger partial charge in [-0.2, -0.15) is 0 Å². The average molecular weight is 300 g/mol. The second-order valence-electron chi connectivity index (χ2n) is 6.05. The van der Waals surface area contributed by atoms with Crippen LogP contribution in [0.3, 0.4) is 0 Å². The molecule has 0 spiro atoms. The van der Waals surface area contributed by atoms with Gasteiger partial charge in [-0.3, -0.25) is 0 Å². The lowest BCUT2D eigenvalue weighted by atomic mass is 9.87. The van der Waals surface area contributed by atoms with E-state index in [1.165, 1.54) is 5.56 Å². The Bertz CT molecular complexity index is 657. The molecule has 1 heterocycles. The summed E-state index contributed by atoms with van der Waals surface area (Å²) in [5, 5.41) is 0. The number of aromatic nitrogens is 1. The van der Waals surface area contributed by atoms with Gasteiger partial charge in [0.15, 0.2) is 0 Å². The summed E-state index contributed by atoms with van der Waals surface area (Å²) in [6.45, 7) is 8.43. The zero-order valence-corrected chi connectivity index (χ0v) is 13.6. The predicted octanol–water partition coefficient (Wildman–Crippen LogP) is 4.11. The number of pyridine rings is 1. The Morgan fingerprint density at radius 3 is 2.24 bits per heavy atom. The highest BCUT2D eigenvalue weighted by atomic mass is 32.1. The highest BCUT2D eigenvalue weighted by Crippen LogP contribution is 2.27. The number of thiocarbonyl (C=S) groups is 1. The molecule has 110 valence electrons. The van der Waals surface area contributed by atoms with Crippen molar-refractivity contribution in [1.82, 2.24) is 4.98 Å². The normalized spacial score (nSPS) is 11.2. The number of nitrogens with two attached hydrogens (primary N) is 1. The Morgan fingerprint density at radius 1 is 1.10 bits per heavy atom. The average Bonchev–Trinajstić information content (AvgIpc) is 2.38. The minimum atomic E-state index is 0.115. The van der Waals surface area contributed by atoms with Gasteiger partial charge < -0.3 is 10.5 Å². The number of benzene rings is 1. The summed E-state index contributed by atoms with van der Waals surface area (Å²) in [5.74, 6) is 1.17. The highest BCUT2D eigenvalue weighted by Gasteiger charge is 2.14. The van der Waals surface area contributed by atoms with Crippen LogP contribution in [0.5, 0.6) is 11.6 Å². The largest absolute Gasteiger partial charge is 0.438 e. The van der Waals surface area contributed by atoms with Crippen molar-refractivity contribution in [2.24, 2.45) is 5.73 Å². The first-order valence-corrected chi connectivity index (χ1v) is 7.24. The van der Waals surface area contributed by atoms with Crippen LogP contribution in [-0.2, 0) is 5.41 Å². The molecule has 0 saturated heterocycles. The van der Waals surface area contributed by atoms with Crippen LogP contribution in [0, 0.1) is 6.92 Å². The number of rotatable bonds is 3. The first-order chi connectivity index (χ1) is 9.77. The van der Waals surface area contributed by atoms with Gasteiger partial charge in [0.05, 0.1) is 5.56 Å². The lowest BCUT2D eigenvalue weighted by Crippen LogP contribution is -2.12. The Balaban J connectivity index is 2.30. The fourth-order valence-corrected chi connectivity index (χ4v) is 2.09. The summed E-state index contributed by atoms with van der Waals surface area (Å²) in [7, 11) is 0. The van der Waals surface area contributed by atoms with Gasteiger partial charge in [-0.15, -0.1) is 0 Å². The molecule has 1 aromatic carbocycles. The molecule has 0 aliphatic heterocycles. The van der Waals surface area contributed by atoms with Crippen LogP contribution in [0.2, 0.25) is 0 Å². The van der Waals surface area contributed by atoms with E-state index in [9.17, 15) is 0 Å². The number of hydrogen-bond acceptors (Lipinski definition) is 3. The third-order valence-electron chi connectivity index (χ3n) is 3.20. The summed E-state index contributed by atoms with van der Waals surface area (Å²) in [6, 6.07) is 11.7. The van der Waals surface area contributed by atoms with Crippen LogP contribution in [0.4, 0.5) is 0 Å². The summed E-state index contributed by atoms with van der Waals surface area (Å²) in [5.41, 5.74) is 8.58. The van der Waals surface area contributed by atoms with Crippen LogP contribution < -0.4 is 10.5 Å². The Hall–Kier alpha value is -1.94. The van der Waals surface area contributed by atoms with Crippen LogP contribution >= 0.6 is 12.2 Å². The standard InChI is InChI=1S/C17H20N2OS/c1-11-5-10-14(15(18)21)16(19-11)20-13-8-6-12(7-9-13)17(2,3)4/h5-10H,1-4H3,(H2,18,21). The van der Waals surface area contributed by atoms with E-state index in [4.69, 9.17) is 22.7 Å². The van der Waals surface area contributed by atoms with Gasteiger partial charge in [0, 0.05) is 5.69 Å². The summed E-state index contributed by atoms with van der Waals surface area (Å²) < 4.78 is 5.84. The fourth-order valence-electron chi connectivity index (χ4n) is 1.93. The van der Waals surface area contributed by atoms with Crippen LogP contribution in [0.1, 0.15) is 37.6 Å². The van der Waals surface area contributed by atoms with Gasteiger partial charge in [-0.05, 0) is 42.2 Å². The number of aryl methyl sites for hydroxylation is 1. The fraction of sp³-hybridized carbons (Fsp3) is 0.294. The molecule has 0 amide bonds.